The quantitative estimate of drug-likeness (QED) is 0.129. The van der Waals surface area contributed by atoms with Crippen LogP contribution in [-0.4, -0.2) is 140 Å². The minimum atomic E-state index is -1.14. The van der Waals surface area contributed by atoms with E-state index in [1.807, 2.05) is 83.8 Å². The fourth-order valence-corrected chi connectivity index (χ4v) is 7.99. The second-order valence-electron chi connectivity index (χ2n) is 15.9. The predicted octanol–water partition coefficient (Wildman–Crippen LogP) is 2.77. The number of likely N-dealkylation sites (tertiary alicyclic amines) is 1. The number of hydrogen-bond donors (Lipinski definition) is 4. The van der Waals surface area contributed by atoms with Crippen LogP contribution in [-0.2, 0) is 39.9 Å². The number of aliphatic carboxylic acids is 1. The zero-order chi connectivity index (χ0) is 41.6. The number of likely N-dealkylation sites (N-methyl/N-ethyl adjacent to an activating group) is 2. The summed E-state index contributed by atoms with van der Waals surface area (Å²) in [5.74, 6) is -3.36. The molecule has 0 aromatic heterocycles. The molecule has 1 fully saturated rings. The Morgan fingerprint density at radius 3 is 2.09 bits per heavy atom. The SMILES string of the molecule is CCC(C)C(C(CC(=O)N1CCCC1C(OC)C(C)C(=O)NC(Cc1ccccc1)C(=O)O)OC)N(C)C(=O)C(NC(=O)C(C(C)C)N(C)CCN)C(C)C. The number of methoxy groups -OCH3 is 2. The van der Waals surface area contributed by atoms with E-state index >= 15 is 0 Å². The molecule has 1 saturated heterocycles. The minimum absolute atomic E-state index is 0.0141. The number of carbonyl (C=O) groups is 5. The molecule has 4 amide bonds. The number of nitrogens with zero attached hydrogens (tertiary/aromatic N) is 3. The highest BCUT2D eigenvalue weighted by Crippen LogP contribution is 2.30. The molecule has 1 heterocycles. The molecule has 312 valence electrons. The summed E-state index contributed by atoms with van der Waals surface area (Å²) in [5.41, 5.74) is 6.57. The van der Waals surface area contributed by atoms with Crippen LogP contribution in [0, 0.1) is 23.7 Å². The van der Waals surface area contributed by atoms with Gasteiger partial charge in [0.2, 0.25) is 23.6 Å². The zero-order valence-electron chi connectivity index (χ0n) is 35.1. The second kappa shape index (κ2) is 22.8. The summed E-state index contributed by atoms with van der Waals surface area (Å²) >= 11 is 0. The van der Waals surface area contributed by atoms with Crippen molar-refractivity contribution in [3.05, 3.63) is 35.9 Å². The number of nitrogens with two attached hydrogens (primary N) is 1. The molecule has 9 unspecified atom stereocenters. The topological polar surface area (TPSA) is 184 Å². The van der Waals surface area contributed by atoms with Gasteiger partial charge in [0.25, 0.3) is 0 Å². The average molecular weight is 775 g/mol. The highest BCUT2D eigenvalue weighted by molar-refractivity contribution is 5.90. The normalized spacial score (nSPS) is 19.0. The smallest absolute Gasteiger partial charge is 0.326 e. The van der Waals surface area contributed by atoms with Gasteiger partial charge in [0.05, 0.1) is 42.7 Å². The number of amides is 4. The van der Waals surface area contributed by atoms with Gasteiger partial charge >= 0.3 is 5.97 Å². The van der Waals surface area contributed by atoms with Gasteiger partial charge in [0, 0.05) is 47.3 Å². The minimum Gasteiger partial charge on any atom is -0.480 e. The number of nitrogens with one attached hydrogen (secondary N) is 2. The van der Waals surface area contributed by atoms with Crippen LogP contribution in [0.25, 0.3) is 0 Å². The van der Waals surface area contributed by atoms with E-state index in [1.54, 1.807) is 23.8 Å². The number of hydrogen-bond acceptors (Lipinski definition) is 9. The zero-order valence-corrected chi connectivity index (χ0v) is 35.1. The van der Waals surface area contributed by atoms with E-state index in [-0.39, 0.29) is 48.3 Å². The number of ether oxygens (including phenoxy) is 2. The number of carboxylic acid groups (broad SMARTS) is 1. The van der Waals surface area contributed by atoms with Crippen LogP contribution < -0.4 is 16.4 Å². The summed E-state index contributed by atoms with van der Waals surface area (Å²) in [5, 5.41) is 15.6. The summed E-state index contributed by atoms with van der Waals surface area (Å²) < 4.78 is 11.9. The Morgan fingerprint density at radius 1 is 0.945 bits per heavy atom. The van der Waals surface area contributed by atoms with Crippen LogP contribution in [0.3, 0.4) is 0 Å². The van der Waals surface area contributed by atoms with E-state index in [2.05, 4.69) is 10.6 Å². The van der Waals surface area contributed by atoms with Crippen molar-refractivity contribution in [3.8, 4) is 0 Å². The summed E-state index contributed by atoms with van der Waals surface area (Å²) in [7, 11) is 6.59. The fourth-order valence-electron chi connectivity index (χ4n) is 7.99. The maximum Gasteiger partial charge on any atom is 0.326 e. The van der Waals surface area contributed by atoms with Crippen molar-refractivity contribution in [3.63, 3.8) is 0 Å². The molecule has 5 N–H and O–H groups in total. The van der Waals surface area contributed by atoms with Crippen molar-refractivity contribution in [2.45, 2.75) is 123 Å². The lowest BCUT2D eigenvalue weighted by Crippen LogP contribution is -2.60. The Bertz CT molecular complexity index is 1380. The molecule has 1 aliphatic heterocycles. The molecule has 1 aromatic rings. The Balaban J connectivity index is 2.28. The van der Waals surface area contributed by atoms with Crippen LogP contribution in [0.5, 0.6) is 0 Å². The van der Waals surface area contributed by atoms with Crippen LogP contribution in [0.2, 0.25) is 0 Å². The van der Waals surface area contributed by atoms with Crippen LogP contribution in [0.4, 0.5) is 0 Å². The maximum absolute atomic E-state index is 14.3. The third kappa shape index (κ3) is 13.0. The summed E-state index contributed by atoms with van der Waals surface area (Å²) in [6.07, 6.45) is 0.759. The van der Waals surface area contributed by atoms with Crippen molar-refractivity contribution < 1.29 is 38.6 Å². The first-order chi connectivity index (χ1) is 25.9. The fraction of sp³-hybridized carbons (Fsp3) is 0.732. The first-order valence-electron chi connectivity index (χ1n) is 19.8. The first kappa shape index (κ1) is 47.6. The van der Waals surface area contributed by atoms with Gasteiger partial charge in [0.15, 0.2) is 0 Å². The lowest BCUT2D eigenvalue weighted by Gasteiger charge is -2.41. The van der Waals surface area contributed by atoms with E-state index < -0.39 is 60.2 Å². The monoisotopic (exact) mass is 775 g/mol. The molecule has 14 nitrogen and oxygen atoms in total. The lowest BCUT2D eigenvalue weighted by atomic mass is 9.89. The molecule has 0 bridgehead atoms. The van der Waals surface area contributed by atoms with Gasteiger partial charge in [-0.2, -0.15) is 0 Å². The van der Waals surface area contributed by atoms with Crippen molar-refractivity contribution in [2.24, 2.45) is 29.4 Å². The standard InChI is InChI=1S/C41H70N6O8/c1-12-27(6)36(46(9)40(51)34(25(2)3)44-39(50)35(26(4)5)45(8)22-20-42)32(54-10)24-33(48)47-21-16-19-31(47)37(55-11)28(7)38(49)43-30(41(52)53)23-29-17-14-13-15-18-29/h13-15,17-18,25-28,30-32,34-37H,12,16,19-24,42H2,1-11H3,(H,43,49)(H,44,50)(H,52,53). The second-order valence-corrected chi connectivity index (χ2v) is 15.9. The predicted molar refractivity (Wildman–Crippen MR) is 213 cm³/mol. The van der Waals surface area contributed by atoms with E-state index in [4.69, 9.17) is 15.2 Å². The molecule has 0 spiro atoms. The molecule has 0 radical (unpaired) electrons. The molecular formula is C41H70N6O8. The summed E-state index contributed by atoms with van der Waals surface area (Å²) in [6, 6.07) is 5.76. The van der Waals surface area contributed by atoms with Gasteiger partial charge < -0.3 is 40.7 Å². The Kier molecular flexibility index (Phi) is 19.7. The third-order valence-electron chi connectivity index (χ3n) is 11.2. The Hall–Kier alpha value is -3.59. The molecule has 9 atom stereocenters. The molecule has 0 saturated carbocycles. The van der Waals surface area contributed by atoms with Crippen LogP contribution in [0.1, 0.15) is 79.7 Å². The number of carboxylic acids is 1. The van der Waals surface area contributed by atoms with Gasteiger partial charge in [-0.15, -0.1) is 0 Å². The number of rotatable bonds is 23. The van der Waals surface area contributed by atoms with Crippen molar-refractivity contribution in [2.75, 3.05) is 47.9 Å². The number of carbonyl (C=O) groups excluding carboxylic acids is 4. The maximum atomic E-state index is 14.3. The van der Waals surface area contributed by atoms with Gasteiger partial charge in [-0.05, 0) is 43.2 Å². The molecule has 2 rings (SSSR count). The first-order valence-corrected chi connectivity index (χ1v) is 19.8. The highest BCUT2D eigenvalue weighted by Gasteiger charge is 2.43. The molecule has 0 aliphatic carbocycles. The van der Waals surface area contributed by atoms with E-state index in [9.17, 15) is 29.1 Å². The number of benzene rings is 1. The Labute approximate surface area is 329 Å². The lowest BCUT2D eigenvalue weighted by molar-refractivity contribution is -0.148. The van der Waals surface area contributed by atoms with E-state index in [0.717, 1.165) is 5.56 Å². The highest BCUT2D eigenvalue weighted by atomic mass is 16.5. The van der Waals surface area contributed by atoms with Crippen LogP contribution in [0.15, 0.2) is 30.3 Å². The van der Waals surface area contributed by atoms with Gasteiger partial charge in [0.1, 0.15) is 12.1 Å². The summed E-state index contributed by atoms with van der Waals surface area (Å²) in [6.45, 7) is 14.8. The van der Waals surface area contributed by atoms with Crippen LogP contribution >= 0.6 is 0 Å². The van der Waals surface area contributed by atoms with Gasteiger partial charge in [-0.25, -0.2) is 4.79 Å². The molecule has 1 aliphatic rings. The largest absolute Gasteiger partial charge is 0.480 e. The molecular weight excluding hydrogens is 704 g/mol. The van der Waals surface area contributed by atoms with E-state index in [0.29, 0.717) is 38.9 Å². The van der Waals surface area contributed by atoms with Crippen molar-refractivity contribution in [1.82, 2.24) is 25.3 Å². The molecule has 14 heteroatoms. The Morgan fingerprint density at radius 2 is 1.58 bits per heavy atom. The van der Waals surface area contributed by atoms with E-state index in [1.165, 1.54) is 14.2 Å². The van der Waals surface area contributed by atoms with Gasteiger partial charge in [-0.3, -0.25) is 24.1 Å². The van der Waals surface area contributed by atoms with Crippen molar-refractivity contribution >= 4 is 29.6 Å². The van der Waals surface area contributed by atoms with Gasteiger partial charge in [-0.1, -0.05) is 85.2 Å². The molecule has 1 aromatic carbocycles. The summed E-state index contributed by atoms with van der Waals surface area (Å²) in [4.78, 5) is 73.0. The van der Waals surface area contributed by atoms with Crippen molar-refractivity contribution in [1.29, 1.82) is 0 Å². The third-order valence-corrected chi connectivity index (χ3v) is 11.2. The average Bonchev–Trinajstić information content (AvgIpc) is 3.63. The molecule has 55 heavy (non-hydrogen) atoms.